The summed E-state index contributed by atoms with van der Waals surface area (Å²) in [6, 6.07) is 5.86. The second kappa shape index (κ2) is 6.10. The van der Waals surface area contributed by atoms with Crippen LogP contribution in [0, 0.1) is 0 Å². The van der Waals surface area contributed by atoms with Crippen LogP contribution in [0.1, 0.15) is 37.6 Å². The molecule has 94 valence electrons. The summed E-state index contributed by atoms with van der Waals surface area (Å²) in [6.45, 7) is 0. The lowest BCUT2D eigenvalue weighted by Gasteiger charge is -2.30. The second-order valence-corrected chi connectivity index (χ2v) is 4.55. The third-order valence-electron chi connectivity index (χ3n) is 3.32. The summed E-state index contributed by atoms with van der Waals surface area (Å²) in [6.07, 6.45) is 5.64. The zero-order chi connectivity index (χ0) is 12.1. The van der Waals surface area contributed by atoms with E-state index in [4.69, 9.17) is 4.74 Å². The lowest BCUT2D eigenvalue weighted by molar-refractivity contribution is 0.0397. The molecule has 1 aromatic heterocycles. The molecule has 17 heavy (non-hydrogen) atoms. The van der Waals surface area contributed by atoms with E-state index in [1.54, 1.807) is 13.3 Å². The molecular weight excluding hydrogens is 216 g/mol. The number of pyridine rings is 1. The van der Waals surface area contributed by atoms with Crippen molar-refractivity contribution >= 4 is 0 Å². The fourth-order valence-corrected chi connectivity index (χ4v) is 2.36. The number of nitrogens with one attached hydrogen (secondary N) is 1. The van der Waals surface area contributed by atoms with Gasteiger partial charge in [0.25, 0.3) is 0 Å². The lowest BCUT2D eigenvalue weighted by atomic mass is 9.92. The topological polar surface area (TPSA) is 54.4 Å². The van der Waals surface area contributed by atoms with E-state index in [0.717, 1.165) is 25.7 Å². The van der Waals surface area contributed by atoms with Gasteiger partial charge in [-0.05, 0) is 37.8 Å². The average Bonchev–Trinajstić information content (AvgIpc) is 2.40. The number of aliphatic hydroxyl groups is 1. The van der Waals surface area contributed by atoms with Gasteiger partial charge in [-0.1, -0.05) is 6.07 Å². The summed E-state index contributed by atoms with van der Waals surface area (Å²) < 4.78 is 5.37. The molecule has 0 saturated heterocycles. The van der Waals surface area contributed by atoms with Crippen LogP contribution in [0.4, 0.5) is 0 Å². The maximum atomic E-state index is 10.0. The van der Waals surface area contributed by atoms with E-state index >= 15 is 0 Å². The van der Waals surface area contributed by atoms with Crippen molar-refractivity contribution in [2.75, 3.05) is 7.11 Å². The second-order valence-electron chi connectivity index (χ2n) is 4.55. The molecule has 2 N–H and O–H groups in total. The smallest absolute Gasteiger partial charge is 0.148 e. The van der Waals surface area contributed by atoms with Crippen LogP contribution in [0.3, 0.4) is 0 Å². The summed E-state index contributed by atoms with van der Waals surface area (Å²) >= 11 is 0. The highest BCUT2D eigenvalue weighted by Crippen LogP contribution is 2.22. The summed E-state index contributed by atoms with van der Waals surface area (Å²) in [4.78, 5) is 4.14. The number of aliphatic hydroxyl groups excluding tert-OH is 1. The molecule has 1 aliphatic rings. The van der Waals surface area contributed by atoms with E-state index in [0.29, 0.717) is 17.8 Å². The number of aromatic nitrogens is 1. The van der Waals surface area contributed by atoms with Gasteiger partial charge >= 0.3 is 0 Å². The quantitative estimate of drug-likeness (QED) is 0.780. The standard InChI is InChI=1S/C13H20N2O2/c1-17-11-6-4-5-10(9-11)15-13(16)12-7-2-3-8-14-12/h2-3,7-8,10-11,13,15-16H,4-6,9H2,1H3/t10?,11-,13?/m0/s1. The molecule has 3 atom stereocenters. The molecule has 1 heterocycles. The van der Waals surface area contributed by atoms with E-state index in [1.165, 1.54) is 0 Å². The first-order chi connectivity index (χ1) is 8.29. The van der Waals surface area contributed by atoms with Crippen molar-refractivity contribution in [3.63, 3.8) is 0 Å². The van der Waals surface area contributed by atoms with Crippen LogP contribution in [0.2, 0.25) is 0 Å². The van der Waals surface area contributed by atoms with E-state index in [-0.39, 0.29) is 0 Å². The number of hydrogen-bond donors (Lipinski definition) is 2. The number of methoxy groups -OCH3 is 1. The molecule has 0 bridgehead atoms. The molecule has 0 amide bonds. The Morgan fingerprint density at radius 1 is 1.47 bits per heavy atom. The summed E-state index contributed by atoms with van der Waals surface area (Å²) in [5.41, 5.74) is 0.673. The minimum absolute atomic E-state index is 0.311. The molecule has 0 spiro atoms. The lowest BCUT2D eigenvalue weighted by Crippen LogP contribution is -2.39. The van der Waals surface area contributed by atoms with Gasteiger partial charge in [0.15, 0.2) is 0 Å². The molecule has 4 heteroatoms. The van der Waals surface area contributed by atoms with E-state index in [1.807, 2.05) is 18.2 Å². The zero-order valence-electron chi connectivity index (χ0n) is 10.2. The molecule has 1 saturated carbocycles. The van der Waals surface area contributed by atoms with Crippen LogP contribution in [-0.4, -0.2) is 29.3 Å². The van der Waals surface area contributed by atoms with Gasteiger partial charge in [-0.2, -0.15) is 0 Å². The number of rotatable bonds is 4. The first kappa shape index (κ1) is 12.5. The van der Waals surface area contributed by atoms with E-state index < -0.39 is 6.23 Å². The molecule has 0 aliphatic heterocycles. The fraction of sp³-hybridized carbons (Fsp3) is 0.615. The van der Waals surface area contributed by atoms with Gasteiger partial charge in [0, 0.05) is 19.3 Å². The SMILES string of the molecule is CO[C@H]1CCCC(NC(O)c2ccccn2)C1. The molecule has 4 nitrogen and oxygen atoms in total. The summed E-state index contributed by atoms with van der Waals surface area (Å²) in [5, 5.41) is 13.2. The van der Waals surface area contributed by atoms with E-state index in [9.17, 15) is 5.11 Å². The van der Waals surface area contributed by atoms with E-state index in [2.05, 4.69) is 10.3 Å². The number of hydrogen-bond acceptors (Lipinski definition) is 4. The highest BCUT2D eigenvalue weighted by atomic mass is 16.5. The normalized spacial score (nSPS) is 26.7. The predicted octanol–water partition coefficient (Wildman–Crippen LogP) is 1.62. The van der Waals surface area contributed by atoms with Gasteiger partial charge in [0.1, 0.15) is 6.23 Å². The monoisotopic (exact) mass is 236 g/mol. The Balaban J connectivity index is 1.88. The number of ether oxygens (including phenoxy) is 1. The Kier molecular flexibility index (Phi) is 4.48. The van der Waals surface area contributed by atoms with Crippen molar-refractivity contribution in [3.05, 3.63) is 30.1 Å². The van der Waals surface area contributed by atoms with Crippen LogP contribution < -0.4 is 5.32 Å². The van der Waals surface area contributed by atoms with Crippen molar-refractivity contribution in [2.24, 2.45) is 0 Å². The maximum Gasteiger partial charge on any atom is 0.148 e. The van der Waals surface area contributed by atoms with Crippen LogP contribution in [0.5, 0.6) is 0 Å². The molecule has 0 radical (unpaired) electrons. The Labute approximate surface area is 102 Å². The first-order valence-corrected chi connectivity index (χ1v) is 6.17. The molecule has 1 fully saturated rings. The Morgan fingerprint density at radius 3 is 3.06 bits per heavy atom. The summed E-state index contributed by atoms with van der Waals surface area (Å²) in [7, 11) is 1.75. The third kappa shape index (κ3) is 3.49. The molecule has 1 aliphatic carbocycles. The van der Waals surface area contributed by atoms with Gasteiger partial charge in [0.05, 0.1) is 11.8 Å². The van der Waals surface area contributed by atoms with Crippen molar-refractivity contribution in [1.29, 1.82) is 0 Å². The minimum atomic E-state index is -0.684. The van der Waals surface area contributed by atoms with Crippen LogP contribution >= 0.6 is 0 Å². The third-order valence-corrected chi connectivity index (χ3v) is 3.32. The van der Waals surface area contributed by atoms with Gasteiger partial charge in [-0.15, -0.1) is 0 Å². The van der Waals surface area contributed by atoms with Crippen molar-refractivity contribution in [2.45, 2.75) is 44.1 Å². The number of nitrogens with zero attached hydrogens (tertiary/aromatic N) is 1. The van der Waals surface area contributed by atoms with Crippen LogP contribution in [0.25, 0.3) is 0 Å². The maximum absolute atomic E-state index is 10.0. The average molecular weight is 236 g/mol. The van der Waals surface area contributed by atoms with Crippen molar-refractivity contribution < 1.29 is 9.84 Å². The Morgan fingerprint density at radius 2 is 2.35 bits per heavy atom. The Hall–Kier alpha value is -0.970. The first-order valence-electron chi connectivity index (χ1n) is 6.17. The van der Waals surface area contributed by atoms with Gasteiger partial charge in [-0.25, -0.2) is 0 Å². The van der Waals surface area contributed by atoms with Gasteiger partial charge < -0.3 is 9.84 Å². The van der Waals surface area contributed by atoms with Gasteiger partial charge in [-0.3, -0.25) is 10.3 Å². The summed E-state index contributed by atoms with van der Waals surface area (Å²) in [5.74, 6) is 0. The Bertz CT molecular complexity index is 331. The van der Waals surface area contributed by atoms with Crippen LogP contribution in [-0.2, 0) is 4.74 Å². The largest absolute Gasteiger partial charge is 0.381 e. The fourth-order valence-electron chi connectivity index (χ4n) is 2.36. The molecule has 2 rings (SSSR count). The van der Waals surface area contributed by atoms with Crippen molar-refractivity contribution in [3.8, 4) is 0 Å². The molecular formula is C13H20N2O2. The highest BCUT2D eigenvalue weighted by molar-refractivity contribution is 5.06. The van der Waals surface area contributed by atoms with Crippen LogP contribution in [0.15, 0.2) is 24.4 Å². The molecule has 1 aromatic rings. The van der Waals surface area contributed by atoms with Gasteiger partial charge in [0.2, 0.25) is 0 Å². The minimum Gasteiger partial charge on any atom is -0.381 e. The predicted molar refractivity (Wildman–Crippen MR) is 65.4 cm³/mol. The van der Waals surface area contributed by atoms with Crippen molar-refractivity contribution in [1.82, 2.24) is 10.3 Å². The molecule has 2 unspecified atom stereocenters. The zero-order valence-corrected chi connectivity index (χ0v) is 10.2. The molecule has 0 aromatic carbocycles. The highest BCUT2D eigenvalue weighted by Gasteiger charge is 2.23.